The van der Waals surface area contributed by atoms with Gasteiger partial charge in [-0.25, -0.2) is 0 Å². The van der Waals surface area contributed by atoms with E-state index in [1.54, 1.807) is 16.2 Å². The van der Waals surface area contributed by atoms with Gasteiger partial charge >= 0.3 is 0 Å². The quantitative estimate of drug-likeness (QED) is 0.922. The van der Waals surface area contributed by atoms with Crippen LogP contribution in [-0.4, -0.2) is 24.4 Å². The summed E-state index contributed by atoms with van der Waals surface area (Å²) in [7, 11) is 0. The number of carbonyl (C=O) groups is 2. The van der Waals surface area contributed by atoms with E-state index in [-0.39, 0.29) is 11.8 Å². The van der Waals surface area contributed by atoms with Gasteiger partial charge < -0.3 is 10.2 Å². The SMILES string of the molecule is O=C(CCc1ccsc1)N[C@@H]1CCN(c2ccccc2)C1=O. The second-order valence-electron chi connectivity index (χ2n) is 5.37. The van der Waals surface area contributed by atoms with Crippen LogP contribution in [-0.2, 0) is 16.0 Å². The molecule has 22 heavy (non-hydrogen) atoms. The van der Waals surface area contributed by atoms with E-state index in [1.165, 1.54) is 5.56 Å². The molecule has 3 rings (SSSR count). The molecule has 1 fully saturated rings. The van der Waals surface area contributed by atoms with Crippen LogP contribution in [0.15, 0.2) is 47.2 Å². The van der Waals surface area contributed by atoms with E-state index in [0.717, 1.165) is 12.1 Å². The Labute approximate surface area is 133 Å². The molecule has 1 aliphatic heterocycles. The van der Waals surface area contributed by atoms with Crippen molar-refractivity contribution in [1.29, 1.82) is 0 Å². The lowest BCUT2D eigenvalue weighted by Crippen LogP contribution is -2.41. The van der Waals surface area contributed by atoms with Crippen LogP contribution in [0.25, 0.3) is 0 Å². The number of aryl methyl sites for hydroxylation is 1. The molecule has 0 spiro atoms. The molecule has 4 nitrogen and oxygen atoms in total. The van der Waals surface area contributed by atoms with E-state index < -0.39 is 6.04 Å². The molecule has 2 heterocycles. The fourth-order valence-corrected chi connectivity index (χ4v) is 3.34. The summed E-state index contributed by atoms with van der Waals surface area (Å²) in [6.07, 6.45) is 1.81. The van der Waals surface area contributed by atoms with E-state index >= 15 is 0 Å². The first-order valence-electron chi connectivity index (χ1n) is 7.41. The lowest BCUT2D eigenvalue weighted by atomic mass is 10.1. The van der Waals surface area contributed by atoms with Crippen LogP contribution in [0.2, 0.25) is 0 Å². The van der Waals surface area contributed by atoms with E-state index in [4.69, 9.17) is 0 Å². The van der Waals surface area contributed by atoms with Gasteiger partial charge in [0.2, 0.25) is 11.8 Å². The van der Waals surface area contributed by atoms with Crippen molar-refractivity contribution in [3.8, 4) is 0 Å². The van der Waals surface area contributed by atoms with E-state index in [0.29, 0.717) is 19.4 Å². The van der Waals surface area contributed by atoms with Crippen LogP contribution >= 0.6 is 11.3 Å². The number of rotatable bonds is 5. The highest BCUT2D eigenvalue weighted by molar-refractivity contribution is 7.07. The maximum atomic E-state index is 12.4. The van der Waals surface area contributed by atoms with Gasteiger partial charge in [-0.3, -0.25) is 9.59 Å². The van der Waals surface area contributed by atoms with Crippen molar-refractivity contribution in [1.82, 2.24) is 5.32 Å². The van der Waals surface area contributed by atoms with Gasteiger partial charge in [0.05, 0.1) is 0 Å². The number of thiophene rings is 1. The largest absolute Gasteiger partial charge is 0.344 e. The maximum Gasteiger partial charge on any atom is 0.249 e. The molecule has 5 heteroatoms. The molecule has 2 amide bonds. The van der Waals surface area contributed by atoms with Crippen molar-refractivity contribution in [2.75, 3.05) is 11.4 Å². The van der Waals surface area contributed by atoms with Gasteiger partial charge in [0, 0.05) is 18.7 Å². The zero-order valence-corrected chi connectivity index (χ0v) is 13.0. The van der Waals surface area contributed by atoms with Crippen LogP contribution in [0.1, 0.15) is 18.4 Å². The number of para-hydroxylation sites is 1. The second-order valence-corrected chi connectivity index (χ2v) is 6.15. The minimum Gasteiger partial charge on any atom is -0.344 e. The van der Waals surface area contributed by atoms with Crippen LogP contribution in [0.3, 0.4) is 0 Å². The van der Waals surface area contributed by atoms with Crippen LogP contribution in [0, 0.1) is 0 Å². The van der Waals surface area contributed by atoms with E-state index in [9.17, 15) is 9.59 Å². The Morgan fingerprint density at radius 1 is 1.27 bits per heavy atom. The van der Waals surface area contributed by atoms with Gasteiger partial charge in [-0.15, -0.1) is 0 Å². The normalized spacial score (nSPS) is 17.7. The summed E-state index contributed by atoms with van der Waals surface area (Å²) in [6.45, 7) is 0.651. The molecule has 1 aliphatic rings. The summed E-state index contributed by atoms with van der Waals surface area (Å²) < 4.78 is 0. The summed E-state index contributed by atoms with van der Waals surface area (Å²) >= 11 is 1.63. The van der Waals surface area contributed by atoms with Crippen molar-refractivity contribution in [2.24, 2.45) is 0 Å². The Kier molecular flexibility index (Phi) is 4.53. The first-order valence-corrected chi connectivity index (χ1v) is 8.35. The van der Waals surface area contributed by atoms with Crippen LogP contribution < -0.4 is 10.2 Å². The fraction of sp³-hybridized carbons (Fsp3) is 0.294. The number of hydrogen-bond acceptors (Lipinski definition) is 3. The summed E-state index contributed by atoms with van der Waals surface area (Å²) in [5.74, 6) is -0.0745. The van der Waals surface area contributed by atoms with Crippen molar-refractivity contribution in [2.45, 2.75) is 25.3 Å². The van der Waals surface area contributed by atoms with E-state index in [1.807, 2.05) is 47.2 Å². The molecule has 1 N–H and O–H groups in total. The summed E-state index contributed by atoms with van der Waals surface area (Å²) in [5, 5.41) is 6.92. The molecule has 1 saturated heterocycles. The first-order chi connectivity index (χ1) is 10.7. The molecule has 0 bridgehead atoms. The molecule has 114 valence electrons. The summed E-state index contributed by atoms with van der Waals surface area (Å²) in [4.78, 5) is 26.1. The van der Waals surface area contributed by atoms with Gasteiger partial charge in [0.15, 0.2) is 0 Å². The van der Waals surface area contributed by atoms with Gasteiger partial charge in [0.1, 0.15) is 6.04 Å². The fourth-order valence-electron chi connectivity index (χ4n) is 2.64. The first kappa shape index (κ1) is 14.8. The van der Waals surface area contributed by atoms with Crippen molar-refractivity contribution in [3.05, 3.63) is 52.7 Å². The number of nitrogens with zero attached hydrogens (tertiary/aromatic N) is 1. The molecule has 0 unspecified atom stereocenters. The molecule has 1 aromatic carbocycles. The number of hydrogen-bond donors (Lipinski definition) is 1. The molecular weight excluding hydrogens is 296 g/mol. The van der Waals surface area contributed by atoms with Gasteiger partial charge in [-0.1, -0.05) is 18.2 Å². The zero-order valence-electron chi connectivity index (χ0n) is 12.2. The average molecular weight is 314 g/mol. The highest BCUT2D eigenvalue weighted by Crippen LogP contribution is 2.21. The zero-order chi connectivity index (χ0) is 15.4. The maximum absolute atomic E-state index is 12.4. The molecule has 0 aliphatic carbocycles. The second kappa shape index (κ2) is 6.75. The smallest absolute Gasteiger partial charge is 0.249 e. The van der Waals surface area contributed by atoms with Crippen LogP contribution in [0.4, 0.5) is 5.69 Å². The van der Waals surface area contributed by atoms with E-state index in [2.05, 4.69) is 5.32 Å². The third-order valence-electron chi connectivity index (χ3n) is 3.83. The highest BCUT2D eigenvalue weighted by Gasteiger charge is 2.33. The monoisotopic (exact) mass is 314 g/mol. The lowest BCUT2D eigenvalue weighted by molar-refractivity contribution is -0.126. The number of amides is 2. The third kappa shape index (κ3) is 3.36. The minimum atomic E-state index is -0.393. The van der Waals surface area contributed by atoms with Crippen molar-refractivity contribution >= 4 is 28.8 Å². The lowest BCUT2D eigenvalue weighted by Gasteiger charge is -2.17. The van der Waals surface area contributed by atoms with Crippen LogP contribution in [0.5, 0.6) is 0 Å². The van der Waals surface area contributed by atoms with Gasteiger partial charge in [-0.05, 0) is 47.4 Å². The van der Waals surface area contributed by atoms with Crippen molar-refractivity contribution in [3.63, 3.8) is 0 Å². The number of anilines is 1. The predicted molar refractivity (Wildman–Crippen MR) is 88.0 cm³/mol. The molecular formula is C17H18N2O2S. The Morgan fingerprint density at radius 3 is 2.82 bits per heavy atom. The third-order valence-corrected chi connectivity index (χ3v) is 4.56. The van der Waals surface area contributed by atoms with Gasteiger partial charge in [0.25, 0.3) is 0 Å². The van der Waals surface area contributed by atoms with Gasteiger partial charge in [-0.2, -0.15) is 11.3 Å². The summed E-state index contributed by atoms with van der Waals surface area (Å²) in [5.41, 5.74) is 2.06. The molecule has 1 aromatic heterocycles. The predicted octanol–water partition coefficient (Wildman–Crippen LogP) is 2.60. The number of nitrogens with one attached hydrogen (secondary N) is 1. The molecule has 0 saturated carbocycles. The average Bonchev–Trinajstić information content (AvgIpc) is 3.17. The number of benzene rings is 1. The molecule has 2 aromatic rings. The van der Waals surface area contributed by atoms with Crippen molar-refractivity contribution < 1.29 is 9.59 Å². The summed E-state index contributed by atoms with van der Waals surface area (Å²) in [6, 6.07) is 11.2. The Balaban J connectivity index is 1.53. The Bertz CT molecular complexity index is 640. The number of carbonyl (C=O) groups excluding carboxylic acids is 2. The Hall–Kier alpha value is -2.14. The Morgan fingerprint density at radius 2 is 2.09 bits per heavy atom. The topological polar surface area (TPSA) is 49.4 Å². The molecule has 0 radical (unpaired) electrons. The standard InChI is InChI=1S/C17H18N2O2S/c20-16(7-6-13-9-11-22-12-13)18-15-8-10-19(17(15)21)14-4-2-1-3-5-14/h1-5,9,11-12,15H,6-8,10H2,(H,18,20)/t15-/m1/s1. The minimum absolute atomic E-state index is 0.0184. The molecule has 1 atom stereocenters. The highest BCUT2D eigenvalue weighted by atomic mass is 32.1.